The first kappa shape index (κ1) is 18.8. The summed E-state index contributed by atoms with van der Waals surface area (Å²) in [7, 11) is 0. The molecule has 0 aliphatic carbocycles. The third kappa shape index (κ3) is 6.59. The lowest BCUT2D eigenvalue weighted by Crippen LogP contribution is -2.03. The van der Waals surface area contributed by atoms with Gasteiger partial charge in [0.1, 0.15) is 18.1 Å². The van der Waals surface area contributed by atoms with Crippen molar-refractivity contribution in [3.63, 3.8) is 0 Å². The number of ether oxygens (including phenoxy) is 2. The molecule has 0 aliphatic rings. The maximum atomic E-state index is 10.4. The molecule has 6 heteroatoms. The average Bonchev–Trinajstić information content (AvgIpc) is 2.51. The molecule has 0 aromatic heterocycles. The fraction of sp³-hybridized carbons (Fsp3) is 0.529. The van der Waals surface area contributed by atoms with E-state index < -0.39 is 5.97 Å². The van der Waals surface area contributed by atoms with E-state index in [1.807, 2.05) is 26.0 Å². The lowest BCUT2D eigenvalue weighted by atomic mass is 10.0. The zero-order valence-corrected chi connectivity index (χ0v) is 14.0. The smallest absolute Gasteiger partial charge is 0.306 e. The molecular weight excluding hydrogens is 298 g/mol. The van der Waals surface area contributed by atoms with Crippen LogP contribution in [0.2, 0.25) is 0 Å². The van der Waals surface area contributed by atoms with E-state index in [0.29, 0.717) is 19.0 Å². The molecule has 6 nitrogen and oxygen atoms in total. The molecule has 0 amide bonds. The first-order valence-electron chi connectivity index (χ1n) is 7.91. The summed E-state index contributed by atoms with van der Waals surface area (Å²) >= 11 is 0. The Labute approximate surface area is 137 Å². The largest absolute Gasteiger partial charge is 0.493 e. The summed E-state index contributed by atoms with van der Waals surface area (Å²) in [4.78, 5) is 15.4. The van der Waals surface area contributed by atoms with Crippen LogP contribution in [0.5, 0.6) is 11.5 Å². The molecule has 0 radical (unpaired) electrons. The van der Waals surface area contributed by atoms with Crippen molar-refractivity contribution in [2.45, 2.75) is 40.0 Å². The van der Waals surface area contributed by atoms with Gasteiger partial charge >= 0.3 is 5.97 Å². The van der Waals surface area contributed by atoms with Crippen LogP contribution in [0.1, 0.15) is 44.7 Å². The molecule has 0 atom stereocenters. The number of oxime groups is 1. The summed E-state index contributed by atoms with van der Waals surface area (Å²) in [5.74, 6) is 0.574. The molecule has 23 heavy (non-hydrogen) atoms. The monoisotopic (exact) mass is 323 g/mol. The molecule has 0 spiro atoms. The van der Waals surface area contributed by atoms with Gasteiger partial charge in [0.2, 0.25) is 0 Å². The summed E-state index contributed by atoms with van der Waals surface area (Å²) in [6.07, 6.45) is 3.35. The molecule has 1 aromatic rings. The number of carboxylic acids is 1. The third-order valence-electron chi connectivity index (χ3n) is 2.99. The number of carbonyl (C=O) groups is 1. The van der Waals surface area contributed by atoms with Gasteiger partial charge in [0.25, 0.3) is 0 Å². The minimum atomic E-state index is -0.915. The highest BCUT2D eigenvalue weighted by molar-refractivity contribution is 5.84. The van der Waals surface area contributed by atoms with Crippen molar-refractivity contribution in [3.05, 3.63) is 23.3 Å². The highest BCUT2D eigenvalue weighted by Gasteiger charge is 2.11. The van der Waals surface area contributed by atoms with Crippen molar-refractivity contribution in [3.8, 4) is 11.5 Å². The van der Waals surface area contributed by atoms with E-state index in [1.54, 1.807) is 6.21 Å². The van der Waals surface area contributed by atoms with Crippen molar-refractivity contribution < 1.29 is 24.2 Å². The van der Waals surface area contributed by atoms with Crippen molar-refractivity contribution >= 4 is 12.2 Å². The van der Waals surface area contributed by atoms with Crippen molar-refractivity contribution in [1.82, 2.24) is 0 Å². The minimum absolute atomic E-state index is 0.0364. The first-order valence-corrected chi connectivity index (χ1v) is 7.91. The number of rotatable bonds is 11. The maximum Gasteiger partial charge on any atom is 0.306 e. The molecule has 0 bridgehead atoms. The second kappa shape index (κ2) is 10.5. The predicted octanol–water partition coefficient (Wildman–Crippen LogP) is 3.26. The number of aryl methyl sites for hydroxylation is 1. The van der Waals surface area contributed by atoms with Crippen LogP contribution in [-0.4, -0.2) is 37.1 Å². The van der Waals surface area contributed by atoms with Crippen LogP contribution < -0.4 is 9.47 Å². The summed E-state index contributed by atoms with van der Waals surface area (Å²) in [6.45, 7) is 7.11. The Hall–Kier alpha value is -2.24. The van der Waals surface area contributed by atoms with E-state index in [-0.39, 0.29) is 13.0 Å². The standard InChI is InChI=1S/C17H25NO5/c1-4-7-13-10-14(12-18-23-9-8-17(19)20)16(22-6-3)11-15(13)21-5-2/h10-12H,4-9H2,1-3H3,(H,19,20)/b18-12+. The van der Waals surface area contributed by atoms with Gasteiger partial charge in [-0.15, -0.1) is 0 Å². The summed E-state index contributed by atoms with van der Waals surface area (Å²) < 4.78 is 11.3. The average molecular weight is 323 g/mol. The van der Waals surface area contributed by atoms with Crippen LogP contribution >= 0.6 is 0 Å². The fourth-order valence-electron chi connectivity index (χ4n) is 2.04. The molecule has 0 fully saturated rings. The normalized spacial score (nSPS) is 10.7. The van der Waals surface area contributed by atoms with E-state index >= 15 is 0 Å². The highest BCUT2D eigenvalue weighted by atomic mass is 16.6. The molecule has 0 heterocycles. The van der Waals surface area contributed by atoms with Crippen LogP contribution in [0.15, 0.2) is 17.3 Å². The van der Waals surface area contributed by atoms with Crippen LogP contribution in [0.25, 0.3) is 0 Å². The highest BCUT2D eigenvalue weighted by Crippen LogP contribution is 2.29. The summed E-state index contributed by atoms with van der Waals surface area (Å²) in [5.41, 5.74) is 1.87. The van der Waals surface area contributed by atoms with Crippen LogP contribution in [-0.2, 0) is 16.1 Å². The quantitative estimate of drug-likeness (QED) is 0.384. The third-order valence-corrected chi connectivity index (χ3v) is 2.99. The van der Waals surface area contributed by atoms with Gasteiger partial charge in [-0.25, -0.2) is 0 Å². The summed E-state index contributed by atoms with van der Waals surface area (Å²) in [5, 5.41) is 12.4. The van der Waals surface area contributed by atoms with E-state index in [1.165, 1.54) is 0 Å². The number of hydrogen-bond donors (Lipinski definition) is 1. The maximum absolute atomic E-state index is 10.4. The SMILES string of the molecule is CCCc1cc(/C=N/OCCC(=O)O)c(OCC)cc1OCC. The van der Waals surface area contributed by atoms with Gasteiger partial charge in [-0.3, -0.25) is 4.79 Å². The number of nitrogens with zero attached hydrogens (tertiary/aromatic N) is 1. The zero-order valence-electron chi connectivity index (χ0n) is 14.0. The second-order valence-electron chi connectivity index (χ2n) is 4.83. The topological polar surface area (TPSA) is 77.4 Å². The van der Waals surface area contributed by atoms with E-state index in [9.17, 15) is 4.79 Å². The Morgan fingerprint density at radius 3 is 2.48 bits per heavy atom. The molecule has 0 saturated carbocycles. The van der Waals surface area contributed by atoms with Gasteiger partial charge in [-0.1, -0.05) is 18.5 Å². The Bertz CT molecular complexity index is 528. The summed E-state index contributed by atoms with van der Waals surface area (Å²) in [6, 6.07) is 3.85. The molecular formula is C17H25NO5. The van der Waals surface area contributed by atoms with Gasteiger partial charge in [0.15, 0.2) is 0 Å². The number of carboxylic acid groups (broad SMARTS) is 1. The van der Waals surface area contributed by atoms with Crippen molar-refractivity contribution in [1.29, 1.82) is 0 Å². The lowest BCUT2D eigenvalue weighted by Gasteiger charge is -2.14. The minimum Gasteiger partial charge on any atom is -0.493 e. The Morgan fingerprint density at radius 2 is 1.87 bits per heavy atom. The Balaban J connectivity index is 2.95. The Kier molecular flexibility index (Phi) is 8.57. The van der Waals surface area contributed by atoms with E-state index in [4.69, 9.17) is 19.4 Å². The molecule has 0 saturated heterocycles. The van der Waals surface area contributed by atoms with Gasteiger partial charge in [0.05, 0.1) is 25.8 Å². The van der Waals surface area contributed by atoms with E-state index in [2.05, 4.69) is 12.1 Å². The first-order chi connectivity index (χ1) is 11.1. The fourth-order valence-corrected chi connectivity index (χ4v) is 2.04. The zero-order chi connectivity index (χ0) is 17.1. The lowest BCUT2D eigenvalue weighted by molar-refractivity contribution is -0.138. The van der Waals surface area contributed by atoms with Gasteiger partial charge in [-0.2, -0.15) is 0 Å². The van der Waals surface area contributed by atoms with Gasteiger partial charge in [0, 0.05) is 11.6 Å². The van der Waals surface area contributed by atoms with Gasteiger partial charge < -0.3 is 19.4 Å². The van der Waals surface area contributed by atoms with Crippen molar-refractivity contribution in [2.24, 2.45) is 5.16 Å². The van der Waals surface area contributed by atoms with E-state index in [0.717, 1.165) is 29.7 Å². The molecule has 128 valence electrons. The molecule has 1 rings (SSSR count). The molecule has 0 unspecified atom stereocenters. The second-order valence-corrected chi connectivity index (χ2v) is 4.83. The molecule has 1 N–H and O–H groups in total. The predicted molar refractivity (Wildman–Crippen MR) is 88.6 cm³/mol. The number of benzene rings is 1. The molecule has 1 aromatic carbocycles. The number of aliphatic carboxylic acids is 1. The molecule has 0 aliphatic heterocycles. The van der Waals surface area contributed by atoms with Gasteiger partial charge in [-0.05, 0) is 31.9 Å². The number of hydrogen-bond acceptors (Lipinski definition) is 5. The van der Waals surface area contributed by atoms with Crippen LogP contribution in [0.4, 0.5) is 0 Å². The van der Waals surface area contributed by atoms with Crippen molar-refractivity contribution in [2.75, 3.05) is 19.8 Å². The van der Waals surface area contributed by atoms with Crippen LogP contribution in [0, 0.1) is 0 Å². The Morgan fingerprint density at radius 1 is 1.17 bits per heavy atom. The van der Waals surface area contributed by atoms with Crippen LogP contribution in [0.3, 0.4) is 0 Å².